The van der Waals surface area contributed by atoms with Crippen LogP contribution in [-0.2, 0) is 0 Å². The number of carbonyl (C=O) groups is 1. The fourth-order valence-corrected chi connectivity index (χ4v) is 3.93. The van der Waals surface area contributed by atoms with Gasteiger partial charge in [0.15, 0.2) is 0 Å². The third kappa shape index (κ3) is 3.81. The normalized spacial score (nSPS) is 11.1. The van der Waals surface area contributed by atoms with Crippen LogP contribution >= 0.6 is 11.6 Å². The van der Waals surface area contributed by atoms with Crippen LogP contribution in [0.5, 0.6) is 0 Å². The number of halogens is 1. The average molecular weight is 415 g/mol. The highest BCUT2D eigenvalue weighted by Gasteiger charge is 2.18. The van der Waals surface area contributed by atoms with Gasteiger partial charge in [0.25, 0.3) is 5.91 Å². The second kappa shape index (κ2) is 8.29. The van der Waals surface area contributed by atoms with Crippen LogP contribution in [0, 0.1) is 6.92 Å². The third-order valence-corrected chi connectivity index (χ3v) is 5.61. The Labute approximate surface area is 181 Å². The van der Waals surface area contributed by atoms with Crippen molar-refractivity contribution in [3.63, 3.8) is 0 Å². The Morgan fingerprint density at radius 3 is 2.47 bits per heavy atom. The zero-order valence-electron chi connectivity index (χ0n) is 17.2. The lowest BCUT2D eigenvalue weighted by Gasteiger charge is -2.17. The van der Waals surface area contributed by atoms with E-state index in [2.05, 4.69) is 25.2 Å². The fourth-order valence-electron chi connectivity index (χ4n) is 3.69. The Bertz CT molecular complexity index is 1250. The Morgan fingerprint density at radius 1 is 0.967 bits per heavy atom. The molecule has 0 fully saturated rings. The largest absolute Gasteiger partial charge is 0.321 e. The van der Waals surface area contributed by atoms with Gasteiger partial charge in [-0.2, -0.15) is 0 Å². The van der Waals surface area contributed by atoms with Gasteiger partial charge in [-0.05, 0) is 42.2 Å². The van der Waals surface area contributed by atoms with Crippen molar-refractivity contribution in [2.75, 3.05) is 5.32 Å². The molecule has 0 saturated heterocycles. The molecule has 1 aromatic heterocycles. The molecule has 0 aliphatic rings. The summed E-state index contributed by atoms with van der Waals surface area (Å²) in [6.07, 6.45) is 0. The lowest BCUT2D eigenvalue weighted by Crippen LogP contribution is -2.15. The number of nitrogens with one attached hydrogen (secondary N) is 1. The summed E-state index contributed by atoms with van der Waals surface area (Å²) >= 11 is 6.41. The van der Waals surface area contributed by atoms with Crippen molar-refractivity contribution >= 4 is 34.1 Å². The van der Waals surface area contributed by atoms with E-state index in [1.165, 1.54) is 0 Å². The minimum absolute atomic E-state index is 0.155. The number of amides is 1. The van der Waals surface area contributed by atoms with Crippen molar-refractivity contribution in [2.24, 2.45) is 0 Å². The summed E-state index contributed by atoms with van der Waals surface area (Å²) in [5.41, 5.74) is 5.85. The summed E-state index contributed by atoms with van der Waals surface area (Å²) in [5, 5.41) is 4.58. The number of para-hydroxylation sites is 2. The molecular formula is C26H23ClN2O. The number of nitrogens with zero attached hydrogens (tertiary/aromatic N) is 1. The molecule has 4 aromatic rings. The summed E-state index contributed by atoms with van der Waals surface area (Å²) in [7, 11) is 0. The molecule has 4 rings (SSSR count). The molecule has 3 aromatic carbocycles. The van der Waals surface area contributed by atoms with Crippen LogP contribution in [-0.4, -0.2) is 10.9 Å². The van der Waals surface area contributed by atoms with Gasteiger partial charge < -0.3 is 5.32 Å². The Kier molecular flexibility index (Phi) is 5.56. The highest BCUT2D eigenvalue weighted by atomic mass is 35.5. The number of pyridine rings is 1. The van der Waals surface area contributed by atoms with E-state index in [1.807, 2.05) is 73.7 Å². The molecule has 1 heterocycles. The molecule has 0 spiro atoms. The molecule has 150 valence electrons. The first-order valence-corrected chi connectivity index (χ1v) is 10.4. The fraction of sp³-hybridized carbons (Fsp3) is 0.154. The molecular weight excluding hydrogens is 392 g/mol. The van der Waals surface area contributed by atoms with Crippen LogP contribution in [0.4, 0.5) is 5.69 Å². The van der Waals surface area contributed by atoms with Crippen LogP contribution in [0.25, 0.3) is 22.2 Å². The SMILES string of the molecule is Cc1cccc(C(C)C)c1NC(=O)c1cc(-c2ccccc2Cl)nc2ccccc12. The third-order valence-electron chi connectivity index (χ3n) is 5.28. The standard InChI is InChI=1S/C26H23ClN2O/c1-16(2)18-12-8-9-17(3)25(18)29-26(30)21-15-24(20-11-4-6-13-22(20)27)28-23-14-7-5-10-19(21)23/h4-16H,1-3H3,(H,29,30). The van der Waals surface area contributed by atoms with Gasteiger partial charge in [-0.15, -0.1) is 0 Å². The molecule has 0 aliphatic carbocycles. The molecule has 0 radical (unpaired) electrons. The number of hydrogen-bond donors (Lipinski definition) is 1. The molecule has 30 heavy (non-hydrogen) atoms. The molecule has 1 N–H and O–H groups in total. The summed E-state index contributed by atoms with van der Waals surface area (Å²) in [5.74, 6) is 0.145. The minimum Gasteiger partial charge on any atom is -0.321 e. The monoisotopic (exact) mass is 414 g/mol. The number of hydrogen-bond acceptors (Lipinski definition) is 2. The van der Waals surface area contributed by atoms with E-state index in [4.69, 9.17) is 16.6 Å². The van der Waals surface area contributed by atoms with E-state index >= 15 is 0 Å². The van der Waals surface area contributed by atoms with E-state index < -0.39 is 0 Å². The highest BCUT2D eigenvalue weighted by molar-refractivity contribution is 6.33. The van der Waals surface area contributed by atoms with E-state index in [9.17, 15) is 4.79 Å². The Balaban J connectivity index is 1.85. The number of anilines is 1. The average Bonchev–Trinajstić information content (AvgIpc) is 2.74. The lowest BCUT2D eigenvalue weighted by molar-refractivity contribution is 0.102. The summed E-state index contributed by atoms with van der Waals surface area (Å²) in [6, 6.07) is 23.2. The van der Waals surface area contributed by atoms with Gasteiger partial charge >= 0.3 is 0 Å². The first-order chi connectivity index (χ1) is 14.5. The molecule has 1 amide bonds. The van der Waals surface area contributed by atoms with E-state index in [0.717, 1.165) is 33.3 Å². The van der Waals surface area contributed by atoms with Crippen LogP contribution in [0.1, 0.15) is 41.3 Å². The predicted molar refractivity (Wildman–Crippen MR) is 125 cm³/mol. The first-order valence-electron chi connectivity index (χ1n) is 10.0. The van der Waals surface area contributed by atoms with Crippen molar-refractivity contribution in [2.45, 2.75) is 26.7 Å². The number of carbonyl (C=O) groups excluding carboxylic acids is 1. The van der Waals surface area contributed by atoms with Crippen molar-refractivity contribution in [1.82, 2.24) is 4.98 Å². The number of benzene rings is 3. The second-order valence-corrected chi connectivity index (χ2v) is 8.11. The quantitative estimate of drug-likeness (QED) is 0.382. The molecule has 0 aliphatic heterocycles. The van der Waals surface area contributed by atoms with Crippen LogP contribution in [0.3, 0.4) is 0 Å². The summed E-state index contributed by atoms with van der Waals surface area (Å²) < 4.78 is 0. The summed E-state index contributed by atoms with van der Waals surface area (Å²) in [4.78, 5) is 18.2. The maximum absolute atomic E-state index is 13.5. The second-order valence-electron chi connectivity index (χ2n) is 7.70. The minimum atomic E-state index is -0.155. The smallest absolute Gasteiger partial charge is 0.256 e. The van der Waals surface area contributed by atoms with Gasteiger partial charge in [-0.1, -0.05) is 80.0 Å². The number of rotatable bonds is 4. The van der Waals surface area contributed by atoms with Crippen LogP contribution in [0.2, 0.25) is 5.02 Å². The zero-order chi connectivity index (χ0) is 21.3. The van der Waals surface area contributed by atoms with Crippen LogP contribution in [0.15, 0.2) is 72.8 Å². The maximum atomic E-state index is 13.5. The molecule has 4 heteroatoms. The van der Waals surface area contributed by atoms with Crippen LogP contribution < -0.4 is 5.32 Å². The van der Waals surface area contributed by atoms with Crippen molar-refractivity contribution in [3.05, 3.63) is 94.5 Å². The van der Waals surface area contributed by atoms with Crippen molar-refractivity contribution in [3.8, 4) is 11.3 Å². The Morgan fingerprint density at radius 2 is 1.70 bits per heavy atom. The maximum Gasteiger partial charge on any atom is 0.256 e. The van der Waals surface area contributed by atoms with Crippen molar-refractivity contribution < 1.29 is 4.79 Å². The van der Waals surface area contributed by atoms with Gasteiger partial charge in [-0.3, -0.25) is 4.79 Å². The molecule has 0 bridgehead atoms. The van der Waals surface area contributed by atoms with E-state index in [-0.39, 0.29) is 5.91 Å². The van der Waals surface area contributed by atoms with Crippen molar-refractivity contribution in [1.29, 1.82) is 0 Å². The molecule has 0 unspecified atom stereocenters. The Hall–Kier alpha value is -3.17. The number of fused-ring (bicyclic) bond motifs is 1. The molecule has 0 atom stereocenters. The van der Waals surface area contributed by atoms with Gasteiger partial charge in [0.1, 0.15) is 0 Å². The molecule has 3 nitrogen and oxygen atoms in total. The number of aryl methyl sites for hydroxylation is 1. The van der Waals surface area contributed by atoms with E-state index in [1.54, 1.807) is 0 Å². The lowest BCUT2D eigenvalue weighted by atomic mass is 9.97. The zero-order valence-corrected chi connectivity index (χ0v) is 18.0. The summed E-state index contributed by atoms with van der Waals surface area (Å²) in [6.45, 7) is 6.27. The predicted octanol–water partition coefficient (Wildman–Crippen LogP) is 7.24. The number of aromatic nitrogens is 1. The van der Waals surface area contributed by atoms with Gasteiger partial charge in [-0.25, -0.2) is 4.98 Å². The van der Waals surface area contributed by atoms with Gasteiger partial charge in [0.05, 0.1) is 16.8 Å². The molecule has 0 saturated carbocycles. The first kappa shape index (κ1) is 20.1. The van der Waals surface area contributed by atoms with Gasteiger partial charge in [0, 0.05) is 21.7 Å². The van der Waals surface area contributed by atoms with Gasteiger partial charge in [0.2, 0.25) is 0 Å². The van der Waals surface area contributed by atoms with E-state index in [0.29, 0.717) is 22.2 Å². The highest BCUT2D eigenvalue weighted by Crippen LogP contribution is 2.32. The topological polar surface area (TPSA) is 42.0 Å².